The van der Waals surface area contributed by atoms with Gasteiger partial charge in [-0.25, -0.2) is 4.79 Å². The van der Waals surface area contributed by atoms with Crippen LogP contribution in [-0.2, 0) is 6.54 Å². The third-order valence-corrected chi connectivity index (χ3v) is 3.51. The highest BCUT2D eigenvalue weighted by Gasteiger charge is 2.13. The van der Waals surface area contributed by atoms with Crippen LogP contribution in [0.1, 0.15) is 24.3 Å². The maximum Gasteiger partial charge on any atom is 0.315 e. The number of para-hydroxylation sites is 1. The third-order valence-electron chi connectivity index (χ3n) is 3.51. The Morgan fingerprint density at radius 2 is 1.82 bits per heavy atom. The zero-order chi connectivity index (χ0) is 15.4. The molecule has 112 valence electrons. The first-order chi connectivity index (χ1) is 10.7. The first kappa shape index (κ1) is 14.2. The molecule has 0 aliphatic carbocycles. The molecule has 2 amide bonds. The van der Waals surface area contributed by atoms with E-state index in [1.807, 2.05) is 67.6 Å². The van der Waals surface area contributed by atoms with Gasteiger partial charge in [-0.2, -0.15) is 0 Å². The molecule has 1 aromatic heterocycles. The molecule has 0 spiro atoms. The Bertz CT molecular complexity index is 732. The maximum atomic E-state index is 12.0. The summed E-state index contributed by atoms with van der Waals surface area (Å²) in [5.41, 5.74) is 1.89. The summed E-state index contributed by atoms with van der Waals surface area (Å²) in [5, 5.41) is 6.76. The molecule has 3 rings (SSSR count). The molecule has 0 saturated carbocycles. The third kappa shape index (κ3) is 3.28. The van der Waals surface area contributed by atoms with Crippen LogP contribution in [0.15, 0.2) is 65.1 Å². The number of carbonyl (C=O) groups excluding carboxylic acids is 1. The van der Waals surface area contributed by atoms with E-state index in [2.05, 4.69) is 10.6 Å². The van der Waals surface area contributed by atoms with E-state index in [0.29, 0.717) is 6.54 Å². The second kappa shape index (κ2) is 6.35. The van der Waals surface area contributed by atoms with Crippen LogP contribution in [0.5, 0.6) is 0 Å². The standard InChI is InChI=1S/C18H18N2O2/c1-13(17-11-15-9-5-6-10-16(15)22-17)20-18(21)19-12-14-7-3-2-4-8-14/h2-11,13H,12H2,1H3,(H2,19,20,21)/t13-/m1/s1. The molecule has 0 fully saturated rings. The van der Waals surface area contributed by atoms with Crippen LogP contribution in [0.3, 0.4) is 0 Å². The van der Waals surface area contributed by atoms with Gasteiger partial charge in [0.15, 0.2) is 0 Å². The number of fused-ring (bicyclic) bond motifs is 1. The van der Waals surface area contributed by atoms with E-state index in [1.165, 1.54) is 0 Å². The molecule has 1 atom stereocenters. The van der Waals surface area contributed by atoms with Gasteiger partial charge in [-0.1, -0.05) is 48.5 Å². The highest BCUT2D eigenvalue weighted by molar-refractivity contribution is 5.78. The number of nitrogens with one attached hydrogen (secondary N) is 2. The Labute approximate surface area is 129 Å². The van der Waals surface area contributed by atoms with Crippen molar-refractivity contribution in [3.63, 3.8) is 0 Å². The van der Waals surface area contributed by atoms with E-state index in [4.69, 9.17) is 4.42 Å². The molecular formula is C18H18N2O2. The molecule has 2 aromatic carbocycles. The average Bonchev–Trinajstić information content (AvgIpc) is 2.98. The number of rotatable bonds is 4. The van der Waals surface area contributed by atoms with Gasteiger partial charge in [0.05, 0.1) is 6.04 Å². The van der Waals surface area contributed by atoms with Gasteiger partial charge in [0.1, 0.15) is 11.3 Å². The minimum absolute atomic E-state index is 0.192. The molecule has 4 nitrogen and oxygen atoms in total. The van der Waals surface area contributed by atoms with Gasteiger partial charge >= 0.3 is 6.03 Å². The lowest BCUT2D eigenvalue weighted by molar-refractivity contribution is 0.236. The van der Waals surface area contributed by atoms with Crippen LogP contribution in [-0.4, -0.2) is 6.03 Å². The van der Waals surface area contributed by atoms with Crippen LogP contribution in [0.25, 0.3) is 11.0 Å². The molecule has 0 radical (unpaired) electrons. The first-order valence-corrected chi connectivity index (χ1v) is 7.29. The summed E-state index contributed by atoms with van der Waals surface area (Å²) >= 11 is 0. The van der Waals surface area contributed by atoms with Gasteiger partial charge in [-0.3, -0.25) is 0 Å². The molecule has 0 aliphatic rings. The summed E-state index contributed by atoms with van der Waals surface area (Å²) < 4.78 is 5.75. The molecule has 0 aliphatic heterocycles. The Morgan fingerprint density at radius 3 is 2.59 bits per heavy atom. The predicted octanol–water partition coefficient (Wildman–Crippen LogP) is 3.99. The summed E-state index contributed by atoms with van der Waals surface area (Å²) in [7, 11) is 0. The second-order valence-corrected chi connectivity index (χ2v) is 5.22. The van der Waals surface area contributed by atoms with Crippen LogP contribution in [0, 0.1) is 0 Å². The van der Waals surface area contributed by atoms with Gasteiger partial charge in [0.2, 0.25) is 0 Å². The Hall–Kier alpha value is -2.75. The van der Waals surface area contributed by atoms with Crippen molar-refractivity contribution in [3.8, 4) is 0 Å². The first-order valence-electron chi connectivity index (χ1n) is 7.29. The van der Waals surface area contributed by atoms with Crippen LogP contribution in [0.4, 0.5) is 4.79 Å². The summed E-state index contributed by atoms with van der Waals surface area (Å²) in [5.74, 6) is 0.746. The van der Waals surface area contributed by atoms with Gasteiger partial charge in [0.25, 0.3) is 0 Å². The van der Waals surface area contributed by atoms with E-state index in [-0.39, 0.29) is 12.1 Å². The Kier molecular flexibility index (Phi) is 4.10. The van der Waals surface area contributed by atoms with Gasteiger partial charge in [-0.15, -0.1) is 0 Å². The zero-order valence-electron chi connectivity index (χ0n) is 12.4. The normalized spacial score (nSPS) is 12.0. The number of benzene rings is 2. The lowest BCUT2D eigenvalue weighted by atomic mass is 10.2. The molecule has 4 heteroatoms. The molecular weight excluding hydrogens is 276 g/mol. The van der Waals surface area contributed by atoms with Crippen molar-refractivity contribution in [3.05, 3.63) is 72.0 Å². The summed E-state index contributed by atoms with van der Waals surface area (Å²) in [4.78, 5) is 12.0. The topological polar surface area (TPSA) is 54.3 Å². The lowest BCUT2D eigenvalue weighted by Crippen LogP contribution is -2.36. The van der Waals surface area contributed by atoms with Crippen molar-refractivity contribution in [1.82, 2.24) is 10.6 Å². The molecule has 22 heavy (non-hydrogen) atoms. The zero-order valence-corrected chi connectivity index (χ0v) is 12.4. The number of carbonyl (C=O) groups is 1. The van der Waals surface area contributed by atoms with Gasteiger partial charge in [0, 0.05) is 11.9 Å². The quantitative estimate of drug-likeness (QED) is 0.764. The van der Waals surface area contributed by atoms with Crippen molar-refractivity contribution < 1.29 is 9.21 Å². The molecule has 0 unspecified atom stereocenters. The van der Waals surface area contributed by atoms with Crippen LogP contribution < -0.4 is 10.6 Å². The minimum Gasteiger partial charge on any atom is -0.459 e. The van der Waals surface area contributed by atoms with Crippen molar-refractivity contribution in [2.75, 3.05) is 0 Å². The van der Waals surface area contributed by atoms with Crippen LogP contribution >= 0.6 is 0 Å². The number of furan rings is 1. The maximum absolute atomic E-state index is 12.0. The smallest absolute Gasteiger partial charge is 0.315 e. The van der Waals surface area contributed by atoms with Crippen molar-refractivity contribution >= 4 is 17.0 Å². The lowest BCUT2D eigenvalue weighted by Gasteiger charge is -2.12. The highest BCUT2D eigenvalue weighted by atomic mass is 16.3. The molecule has 0 bridgehead atoms. The highest BCUT2D eigenvalue weighted by Crippen LogP contribution is 2.23. The molecule has 0 saturated heterocycles. The fourth-order valence-corrected chi connectivity index (χ4v) is 2.31. The number of hydrogen-bond acceptors (Lipinski definition) is 2. The van der Waals surface area contributed by atoms with E-state index in [1.54, 1.807) is 0 Å². The van der Waals surface area contributed by atoms with E-state index in [0.717, 1.165) is 22.3 Å². The summed E-state index contributed by atoms with van der Waals surface area (Å²) in [6.45, 7) is 2.40. The summed E-state index contributed by atoms with van der Waals surface area (Å²) in [6.07, 6.45) is 0. The Morgan fingerprint density at radius 1 is 1.09 bits per heavy atom. The fourth-order valence-electron chi connectivity index (χ4n) is 2.31. The number of amides is 2. The van der Waals surface area contributed by atoms with Crippen molar-refractivity contribution in [2.24, 2.45) is 0 Å². The molecule has 3 aromatic rings. The fraction of sp³-hybridized carbons (Fsp3) is 0.167. The average molecular weight is 294 g/mol. The second-order valence-electron chi connectivity index (χ2n) is 5.22. The van der Waals surface area contributed by atoms with Crippen LogP contribution in [0.2, 0.25) is 0 Å². The Balaban J connectivity index is 1.58. The van der Waals surface area contributed by atoms with Crippen molar-refractivity contribution in [2.45, 2.75) is 19.5 Å². The van der Waals surface area contributed by atoms with E-state index in [9.17, 15) is 4.79 Å². The largest absolute Gasteiger partial charge is 0.459 e. The van der Waals surface area contributed by atoms with E-state index >= 15 is 0 Å². The van der Waals surface area contributed by atoms with Crippen molar-refractivity contribution in [1.29, 1.82) is 0 Å². The van der Waals surface area contributed by atoms with Gasteiger partial charge in [-0.05, 0) is 24.6 Å². The number of hydrogen-bond donors (Lipinski definition) is 2. The minimum atomic E-state index is -0.211. The number of urea groups is 1. The predicted molar refractivity (Wildman–Crippen MR) is 86.4 cm³/mol. The van der Waals surface area contributed by atoms with E-state index < -0.39 is 0 Å². The summed E-state index contributed by atoms with van der Waals surface area (Å²) in [6, 6.07) is 19.2. The SMILES string of the molecule is C[C@@H](NC(=O)NCc1ccccc1)c1cc2ccccc2o1. The molecule has 1 heterocycles. The molecule has 2 N–H and O–H groups in total. The monoisotopic (exact) mass is 294 g/mol. The van der Waals surface area contributed by atoms with Gasteiger partial charge < -0.3 is 15.1 Å².